The Morgan fingerprint density at radius 1 is 1.28 bits per heavy atom. The summed E-state index contributed by atoms with van der Waals surface area (Å²) < 4.78 is 18.9. The maximum atomic E-state index is 13.4. The summed E-state index contributed by atoms with van der Waals surface area (Å²) in [5, 5.41) is 3.62. The van der Waals surface area contributed by atoms with Gasteiger partial charge in [-0.05, 0) is 31.5 Å². The van der Waals surface area contributed by atoms with Crippen molar-refractivity contribution in [3.8, 4) is 0 Å². The summed E-state index contributed by atoms with van der Waals surface area (Å²) >= 11 is 5.68. The van der Waals surface area contributed by atoms with Crippen LogP contribution in [0.4, 0.5) is 4.39 Å². The van der Waals surface area contributed by atoms with E-state index in [0.29, 0.717) is 17.1 Å². The Kier molecular flexibility index (Phi) is 7.98. The maximum Gasteiger partial charge on any atom is 0.129 e. The lowest BCUT2D eigenvalue weighted by atomic mass is 10.2. The summed E-state index contributed by atoms with van der Waals surface area (Å²) in [5.41, 5.74) is 0.645. The summed E-state index contributed by atoms with van der Waals surface area (Å²) in [6.07, 6.45) is 3.22. The van der Waals surface area contributed by atoms with Gasteiger partial charge in [0, 0.05) is 30.3 Å². The monoisotopic (exact) mass is 273 g/mol. The Morgan fingerprint density at radius 2 is 2.06 bits per heavy atom. The van der Waals surface area contributed by atoms with Gasteiger partial charge in [-0.25, -0.2) is 4.39 Å². The van der Waals surface area contributed by atoms with Gasteiger partial charge in [-0.15, -0.1) is 0 Å². The van der Waals surface area contributed by atoms with Crippen LogP contribution in [0.2, 0.25) is 5.02 Å². The van der Waals surface area contributed by atoms with Gasteiger partial charge < -0.3 is 10.1 Å². The van der Waals surface area contributed by atoms with Crippen molar-refractivity contribution in [2.45, 2.75) is 32.7 Å². The minimum absolute atomic E-state index is 0.255. The van der Waals surface area contributed by atoms with Crippen molar-refractivity contribution in [2.24, 2.45) is 0 Å². The number of ether oxygens (including phenoxy) is 1. The number of halogens is 2. The summed E-state index contributed by atoms with van der Waals surface area (Å²) in [6.45, 7) is 5.09. The quantitative estimate of drug-likeness (QED) is 0.692. The molecule has 1 aromatic carbocycles. The zero-order valence-corrected chi connectivity index (χ0v) is 11.6. The third kappa shape index (κ3) is 6.34. The van der Waals surface area contributed by atoms with Gasteiger partial charge in [0.05, 0.1) is 0 Å². The largest absolute Gasteiger partial charge is 0.381 e. The molecule has 0 aromatic heterocycles. The SMILES string of the molecule is CCCCOCCCNCc1ccc(Cl)cc1F. The molecule has 1 N–H and O–H groups in total. The second-order valence-electron chi connectivity index (χ2n) is 4.23. The van der Waals surface area contributed by atoms with Crippen LogP contribution < -0.4 is 5.32 Å². The van der Waals surface area contributed by atoms with E-state index < -0.39 is 0 Å². The Labute approximate surface area is 113 Å². The maximum absolute atomic E-state index is 13.4. The van der Waals surface area contributed by atoms with Crippen LogP contribution in [-0.4, -0.2) is 19.8 Å². The van der Waals surface area contributed by atoms with E-state index in [9.17, 15) is 4.39 Å². The fourth-order valence-electron chi connectivity index (χ4n) is 1.54. The molecule has 0 fully saturated rings. The minimum atomic E-state index is -0.255. The van der Waals surface area contributed by atoms with Crippen LogP contribution in [0, 0.1) is 5.82 Å². The highest BCUT2D eigenvalue weighted by atomic mass is 35.5. The summed E-state index contributed by atoms with van der Waals surface area (Å²) in [5.74, 6) is -0.255. The van der Waals surface area contributed by atoms with Crippen LogP contribution in [-0.2, 0) is 11.3 Å². The van der Waals surface area contributed by atoms with Crippen molar-refractivity contribution < 1.29 is 9.13 Å². The number of unbranched alkanes of at least 4 members (excludes halogenated alkanes) is 1. The van der Waals surface area contributed by atoms with E-state index in [-0.39, 0.29) is 5.82 Å². The van der Waals surface area contributed by atoms with Gasteiger partial charge in [0.15, 0.2) is 0 Å². The normalized spacial score (nSPS) is 10.8. The van der Waals surface area contributed by atoms with Crippen LogP contribution in [0.25, 0.3) is 0 Å². The van der Waals surface area contributed by atoms with Crippen LogP contribution in [0.3, 0.4) is 0 Å². The summed E-state index contributed by atoms with van der Waals surface area (Å²) in [6, 6.07) is 4.75. The number of nitrogens with one attached hydrogen (secondary N) is 1. The fraction of sp³-hybridized carbons (Fsp3) is 0.571. The van der Waals surface area contributed by atoms with Crippen molar-refractivity contribution in [3.05, 3.63) is 34.6 Å². The van der Waals surface area contributed by atoms with Gasteiger partial charge in [0.1, 0.15) is 5.82 Å². The molecule has 4 heteroatoms. The number of benzene rings is 1. The fourth-order valence-corrected chi connectivity index (χ4v) is 1.69. The smallest absolute Gasteiger partial charge is 0.129 e. The van der Waals surface area contributed by atoms with E-state index in [2.05, 4.69) is 12.2 Å². The van der Waals surface area contributed by atoms with Crippen molar-refractivity contribution in [2.75, 3.05) is 19.8 Å². The van der Waals surface area contributed by atoms with E-state index in [1.807, 2.05) is 0 Å². The van der Waals surface area contributed by atoms with Crippen molar-refractivity contribution in [1.82, 2.24) is 5.32 Å². The predicted octanol–water partition coefficient (Wildman–Crippen LogP) is 3.78. The summed E-state index contributed by atoms with van der Waals surface area (Å²) in [7, 11) is 0. The highest BCUT2D eigenvalue weighted by Gasteiger charge is 2.01. The van der Waals surface area contributed by atoms with E-state index in [1.54, 1.807) is 12.1 Å². The number of rotatable bonds is 9. The third-order valence-electron chi connectivity index (χ3n) is 2.62. The first-order valence-electron chi connectivity index (χ1n) is 6.46. The average molecular weight is 274 g/mol. The molecule has 18 heavy (non-hydrogen) atoms. The Balaban J connectivity index is 2.07. The zero-order chi connectivity index (χ0) is 13.2. The van der Waals surface area contributed by atoms with Gasteiger partial charge in [-0.2, -0.15) is 0 Å². The molecule has 0 heterocycles. The van der Waals surface area contributed by atoms with E-state index in [4.69, 9.17) is 16.3 Å². The standard InChI is InChI=1S/C14H21ClFNO/c1-2-3-8-18-9-4-7-17-11-12-5-6-13(15)10-14(12)16/h5-6,10,17H,2-4,7-9,11H2,1H3. The molecule has 0 atom stereocenters. The first-order valence-corrected chi connectivity index (χ1v) is 6.84. The molecule has 0 aliphatic heterocycles. The minimum Gasteiger partial charge on any atom is -0.381 e. The Bertz CT molecular complexity index is 347. The highest BCUT2D eigenvalue weighted by molar-refractivity contribution is 6.30. The molecule has 0 unspecified atom stereocenters. The molecule has 0 bridgehead atoms. The van der Waals surface area contributed by atoms with Gasteiger partial charge in [-0.3, -0.25) is 0 Å². The van der Waals surface area contributed by atoms with Crippen molar-refractivity contribution in [3.63, 3.8) is 0 Å². The van der Waals surface area contributed by atoms with E-state index in [1.165, 1.54) is 6.07 Å². The first kappa shape index (κ1) is 15.4. The van der Waals surface area contributed by atoms with Crippen molar-refractivity contribution >= 4 is 11.6 Å². The van der Waals surface area contributed by atoms with Crippen LogP contribution in [0.15, 0.2) is 18.2 Å². The molecule has 2 nitrogen and oxygen atoms in total. The van der Waals surface area contributed by atoms with Gasteiger partial charge >= 0.3 is 0 Å². The molecule has 1 aromatic rings. The molecule has 0 radical (unpaired) electrons. The number of hydrogen-bond donors (Lipinski definition) is 1. The lowest BCUT2D eigenvalue weighted by molar-refractivity contribution is 0.128. The van der Waals surface area contributed by atoms with Crippen LogP contribution in [0.5, 0.6) is 0 Å². The summed E-state index contributed by atoms with van der Waals surface area (Å²) in [4.78, 5) is 0. The Morgan fingerprint density at radius 3 is 2.78 bits per heavy atom. The average Bonchev–Trinajstić information content (AvgIpc) is 2.35. The molecule has 1 rings (SSSR count). The lowest BCUT2D eigenvalue weighted by Crippen LogP contribution is -2.17. The first-order chi connectivity index (χ1) is 8.74. The highest BCUT2D eigenvalue weighted by Crippen LogP contribution is 2.14. The molecule has 0 spiro atoms. The molecule has 0 aliphatic rings. The zero-order valence-electron chi connectivity index (χ0n) is 10.8. The lowest BCUT2D eigenvalue weighted by Gasteiger charge is -2.07. The number of hydrogen-bond acceptors (Lipinski definition) is 2. The van der Waals surface area contributed by atoms with Gasteiger partial charge in [0.25, 0.3) is 0 Å². The molecular weight excluding hydrogens is 253 g/mol. The third-order valence-corrected chi connectivity index (χ3v) is 2.85. The Hall–Kier alpha value is -0.640. The van der Waals surface area contributed by atoms with Crippen LogP contribution >= 0.6 is 11.6 Å². The molecule has 0 saturated heterocycles. The molecular formula is C14H21ClFNO. The molecule has 0 saturated carbocycles. The van der Waals surface area contributed by atoms with E-state index in [0.717, 1.165) is 39.0 Å². The van der Waals surface area contributed by atoms with E-state index >= 15 is 0 Å². The molecule has 102 valence electrons. The van der Waals surface area contributed by atoms with Gasteiger partial charge in [-0.1, -0.05) is 31.0 Å². The second-order valence-corrected chi connectivity index (χ2v) is 4.67. The molecule has 0 aliphatic carbocycles. The van der Waals surface area contributed by atoms with Crippen molar-refractivity contribution in [1.29, 1.82) is 0 Å². The topological polar surface area (TPSA) is 21.3 Å². The van der Waals surface area contributed by atoms with Gasteiger partial charge in [0.2, 0.25) is 0 Å². The second kappa shape index (κ2) is 9.31. The van der Waals surface area contributed by atoms with Crippen LogP contribution in [0.1, 0.15) is 31.7 Å². The predicted molar refractivity (Wildman–Crippen MR) is 73.5 cm³/mol. The molecule has 0 amide bonds.